The molecule has 0 spiro atoms. The molecular weight excluding hydrogens is 462 g/mol. The maximum absolute atomic E-state index is 13.2. The van der Waals surface area contributed by atoms with Gasteiger partial charge in [-0.3, -0.25) is 10.2 Å². The van der Waals surface area contributed by atoms with Gasteiger partial charge in [-0.1, -0.05) is 23.7 Å². The van der Waals surface area contributed by atoms with Crippen LogP contribution >= 0.6 is 11.6 Å². The van der Waals surface area contributed by atoms with E-state index >= 15 is 0 Å². The number of nitrogens with zero attached hydrogens (tertiary/aromatic N) is 2. The minimum atomic E-state index is -2.96. The molecule has 1 saturated heterocycles. The molecule has 3 rings (SSSR count). The fraction of sp³-hybridized carbons (Fsp3) is 0.333. The number of urea groups is 2. The molecular formula is C21H23ClF2N4O5. The number of benzene rings is 2. The van der Waals surface area contributed by atoms with E-state index in [2.05, 4.69) is 15.4 Å². The summed E-state index contributed by atoms with van der Waals surface area (Å²) < 4.78 is 29.1. The van der Waals surface area contributed by atoms with Crippen LogP contribution in [0.5, 0.6) is 5.75 Å². The number of alkyl halides is 2. The van der Waals surface area contributed by atoms with Crippen molar-refractivity contribution in [2.45, 2.75) is 19.4 Å². The Labute approximate surface area is 193 Å². The molecule has 0 aliphatic carbocycles. The van der Waals surface area contributed by atoms with Gasteiger partial charge in [0.15, 0.2) is 6.29 Å². The third kappa shape index (κ3) is 6.44. The Bertz CT molecular complexity index is 945. The van der Waals surface area contributed by atoms with Crippen molar-refractivity contribution in [3.8, 4) is 5.75 Å². The molecule has 4 amide bonds. The lowest BCUT2D eigenvalue weighted by Gasteiger charge is -2.42. The van der Waals surface area contributed by atoms with Gasteiger partial charge in [0.2, 0.25) is 0 Å². The van der Waals surface area contributed by atoms with Crippen molar-refractivity contribution in [1.29, 1.82) is 0 Å². The first-order valence-corrected chi connectivity index (χ1v) is 10.3. The van der Waals surface area contributed by atoms with Crippen LogP contribution in [-0.2, 0) is 6.54 Å². The van der Waals surface area contributed by atoms with Crippen LogP contribution in [-0.4, -0.2) is 64.7 Å². The van der Waals surface area contributed by atoms with Crippen LogP contribution in [0.25, 0.3) is 0 Å². The van der Waals surface area contributed by atoms with Crippen molar-refractivity contribution >= 4 is 29.4 Å². The Kier molecular flexibility index (Phi) is 8.26. The lowest BCUT2D eigenvalue weighted by Crippen LogP contribution is -2.67. The number of halogens is 3. The normalized spacial score (nSPS) is 16.4. The van der Waals surface area contributed by atoms with Crippen molar-refractivity contribution in [1.82, 2.24) is 15.1 Å². The van der Waals surface area contributed by atoms with E-state index in [4.69, 9.17) is 11.6 Å². The van der Waals surface area contributed by atoms with Crippen LogP contribution in [0.2, 0.25) is 5.02 Å². The fourth-order valence-corrected chi connectivity index (χ4v) is 3.29. The molecule has 1 aliphatic rings. The van der Waals surface area contributed by atoms with Crippen molar-refractivity contribution in [3.63, 3.8) is 0 Å². The number of nitrogens with one attached hydrogen (secondary N) is 2. The topological polar surface area (TPSA) is 114 Å². The first-order valence-electron chi connectivity index (χ1n) is 9.97. The van der Waals surface area contributed by atoms with Crippen molar-refractivity contribution in [3.05, 3.63) is 59.1 Å². The summed E-state index contributed by atoms with van der Waals surface area (Å²) in [5, 5.41) is 24.9. The zero-order chi connectivity index (χ0) is 24.0. The molecule has 0 radical (unpaired) electrons. The van der Waals surface area contributed by atoms with E-state index in [1.165, 1.54) is 29.2 Å². The van der Waals surface area contributed by atoms with Crippen LogP contribution < -0.4 is 15.4 Å². The van der Waals surface area contributed by atoms with Crippen LogP contribution in [0.3, 0.4) is 0 Å². The minimum Gasteiger partial charge on any atom is -0.435 e. The van der Waals surface area contributed by atoms with Crippen LogP contribution in [0.4, 0.5) is 24.1 Å². The Morgan fingerprint density at radius 2 is 1.70 bits per heavy atom. The van der Waals surface area contributed by atoms with E-state index in [1.54, 1.807) is 24.3 Å². The van der Waals surface area contributed by atoms with Crippen LogP contribution in [0.15, 0.2) is 48.5 Å². The van der Waals surface area contributed by atoms with Gasteiger partial charge in [0.05, 0.1) is 6.54 Å². The maximum Gasteiger partial charge on any atom is 0.387 e. The average Bonchev–Trinajstić information content (AvgIpc) is 2.79. The second-order valence-electron chi connectivity index (χ2n) is 7.28. The number of hydrogen-bond acceptors (Lipinski definition) is 6. The quantitative estimate of drug-likeness (QED) is 0.412. The summed E-state index contributed by atoms with van der Waals surface area (Å²) >= 11 is 5.93. The van der Waals surface area contributed by atoms with Crippen LogP contribution in [0, 0.1) is 5.92 Å². The summed E-state index contributed by atoms with van der Waals surface area (Å²) in [6.45, 7) is -3.85. The molecule has 1 heterocycles. The number of hydrogen-bond donors (Lipinski definition) is 4. The Morgan fingerprint density at radius 3 is 2.27 bits per heavy atom. The number of amides is 4. The van der Waals surface area contributed by atoms with Gasteiger partial charge in [-0.15, -0.1) is 0 Å². The largest absolute Gasteiger partial charge is 0.435 e. The number of anilines is 1. The van der Waals surface area contributed by atoms with Crippen molar-refractivity contribution < 1.29 is 33.3 Å². The molecule has 1 fully saturated rings. The molecule has 1 aliphatic heterocycles. The van der Waals surface area contributed by atoms with E-state index in [-0.39, 0.29) is 18.8 Å². The van der Waals surface area contributed by atoms with E-state index in [9.17, 15) is 28.6 Å². The SMILES string of the molecule is O=C1NC(Nc2ccc(OC(F)F)cc2)N(Cc2ccc(Cl)cc2)C(=O)N1CC(CO)CO. The molecule has 4 N–H and O–H groups in total. The molecule has 9 nitrogen and oxygen atoms in total. The number of aliphatic hydroxyl groups is 2. The zero-order valence-corrected chi connectivity index (χ0v) is 18.1. The van der Waals surface area contributed by atoms with Crippen molar-refractivity contribution in [2.75, 3.05) is 25.1 Å². The van der Waals surface area contributed by atoms with Crippen LogP contribution in [0.1, 0.15) is 5.56 Å². The number of carbonyl (C=O) groups is 2. The molecule has 0 bridgehead atoms. The third-order valence-corrected chi connectivity index (χ3v) is 5.15. The number of imide groups is 1. The second kappa shape index (κ2) is 11.1. The highest BCUT2D eigenvalue weighted by Crippen LogP contribution is 2.22. The highest BCUT2D eigenvalue weighted by molar-refractivity contribution is 6.30. The molecule has 0 saturated carbocycles. The first kappa shape index (κ1) is 24.5. The molecule has 178 valence electrons. The second-order valence-corrected chi connectivity index (χ2v) is 7.71. The number of rotatable bonds is 10. The highest BCUT2D eigenvalue weighted by Gasteiger charge is 2.39. The van der Waals surface area contributed by atoms with E-state index in [0.29, 0.717) is 10.7 Å². The Hall–Kier alpha value is -3.15. The molecule has 0 aromatic heterocycles. The smallest absolute Gasteiger partial charge is 0.387 e. The zero-order valence-electron chi connectivity index (χ0n) is 17.3. The first-order chi connectivity index (χ1) is 15.8. The fourth-order valence-electron chi connectivity index (χ4n) is 3.17. The van der Waals surface area contributed by atoms with Gasteiger partial charge in [-0.05, 0) is 42.0 Å². The molecule has 2 aromatic rings. The molecule has 1 atom stereocenters. The number of ether oxygens (including phenoxy) is 1. The van der Waals surface area contributed by atoms with Gasteiger partial charge in [0.25, 0.3) is 0 Å². The van der Waals surface area contributed by atoms with Gasteiger partial charge in [0, 0.05) is 36.4 Å². The standard InChI is InChI=1S/C21H23ClF2N4O5/c22-15-3-1-13(2-4-15)9-27-19(25-16-5-7-17(8-6-16)33-18(23)24)26-20(31)28(21(27)32)10-14(11-29)12-30/h1-8,14,18-19,25,29-30H,9-12H2,(H,26,31). The summed E-state index contributed by atoms with van der Waals surface area (Å²) in [4.78, 5) is 28.1. The summed E-state index contributed by atoms with van der Waals surface area (Å²) in [5.74, 6) is -0.730. The van der Waals surface area contributed by atoms with Gasteiger partial charge >= 0.3 is 18.7 Å². The van der Waals surface area contributed by atoms with Gasteiger partial charge in [-0.25, -0.2) is 14.5 Å². The molecule has 33 heavy (non-hydrogen) atoms. The highest BCUT2D eigenvalue weighted by atomic mass is 35.5. The Balaban J connectivity index is 1.82. The average molecular weight is 485 g/mol. The lowest BCUT2D eigenvalue weighted by molar-refractivity contribution is -0.0498. The lowest BCUT2D eigenvalue weighted by atomic mass is 10.1. The predicted molar refractivity (Wildman–Crippen MR) is 116 cm³/mol. The number of aliphatic hydroxyl groups excluding tert-OH is 2. The summed E-state index contributed by atoms with van der Waals surface area (Å²) in [6, 6.07) is 11.0. The minimum absolute atomic E-state index is 0.0393. The van der Waals surface area contributed by atoms with Gasteiger partial charge in [-0.2, -0.15) is 8.78 Å². The molecule has 12 heteroatoms. The van der Waals surface area contributed by atoms with Gasteiger partial charge < -0.3 is 20.3 Å². The molecule has 2 aromatic carbocycles. The summed E-state index contributed by atoms with van der Waals surface area (Å²) in [6.07, 6.45) is -0.972. The summed E-state index contributed by atoms with van der Waals surface area (Å²) in [7, 11) is 0. The maximum atomic E-state index is 13.2. The van der Waals surface area contributed by atoms with E-state index < -0.39 is 44.1 Å². The van der Waals surface area contributed by atoms with E-state index in [0.717, 1.165) is 10.5 Å². The Morgan fingerprint density at radius 1 is 1.06 bits per heavy atom. The monoisotopic (exact) mass is 484 g/mol. The van der Waals surface area contributed by atoms with Crippen molar-refractivity contribution in [2.24, 2.45) is 5.92 Å². The summed E-state index contributed by atoms with van der Waals surface area (Å²) in [5.41, 5.74) is 1.17. The third-order valence-electron chi connectivity index (χ3n) is 4.90. The van der Waals surface area contributed by atoms with E-state index in [1.807, 2.05) is 0 Å². The number of carbonyl (C=O) groups excluding carboxylic acids is 2. The van der Waals surface area contributed by atoms with Gasteiger partial charge in [0.1, 0.15) is 5.75 Å². The predicted octanol–water partition coefficient (Wildman–Crippen LogP) is 2.89. The molecule has 1 unspecified atom stereocenters.